The number of anilines is 1. The van der Waals surface area contributed by atoms with Crippen LogP contribution in [0, 0.1) is 19.7 Å². The third-order valence-electron chi connectivity index (χ3n) is 6.44. The van der Waals surface area contributed by atoms with Crippen LogP contribution in [0.15, 0.2) is 42.5 Å². The van der Waals surface area contributed by atoms with E-state index in [2.05, 4.69) is 5.32 Å². The minimum Gasteiger partial charge on any atom is -0.352 e. The van der Waals surface area contributed by atoms with Gasteiger partial charge in [0.15, 0.2) is 0 Å². The van der Waals surface area contributed by atoms with Crippen molar-refractivity contribution in [1.29, 1.82) is 0 Å². The van der Waals surface area contributed by atoms with Crippen molar-refractivity contribution in [2.24, 2.45) is 0 Å². The maximum atomic E-state index is 13.5. The molecule has 0 aliphatic heterocycles. The van der Waals surface area contributed by atoms with Crippen LogP contribution in [0.2, 0.25) is 0 Å². The number of carbonyl (C=O) groups is 2. The van der Waals surface area contributed by atoms with E-state index in [4.69, 9.17) is 0 Å². The number of amides is 2. The summed E-state index contributed by atoms with van der Waals surface area (Å²) in [6.45, 7) is 9.76. The molecule has 0 heterocycles. The fraction of sp³-hybridized carbons (Fsp3) is 0.500. The van der Waals surface area contributed by atoms with Gasteiger partial charge in [-0.3, -0.25) is 13.9 Å². The van der Waals surface area contributed by atoms with Crippen molar-refractivity contribution >= 4 is 27.5 Å². The summed E-state index contributed by atoms with van der Waals surface area (Å²) in [7, 11) is -3.57. The Morgan fingerprint density at radius 2 is 1.68 bits per heavy atom. The number of sulfonamides is 1. The summed E-state index contributed by atoms with van der Waals surface area (Å²) in [4.78, 5) is 28.0. The number of hydrogen-bond acceptors (Lipinski definition) is 4. The highest BCUT2D eigenvalue weighted by atomic mass is 32.2. The van der Waals surface area contributed by atoms with E-state index in [1.807, 2.05) is 52.8 Å². The molecule has 0 fully saturated rings. The zero-order valence-electron chi connectivity index (χ0n) is 22.8. The van der Waals surface area contributed by atoms with Crippen LogP contribution in [0.1, 0.15) is 63.1 Å². The molecule has 37 heavy (non-hydrogen) atoms. The summed E-state index contributed by atoms with van der Waals surface area (Å²) in [6.07, 6.45) is 2.67. The van der Waals surface area contributed by atoms with E-state index >= 15 is 0 Å². The number of aryl methyl sites for hydroxylation is 2. The molecule has 2 aromatic rings. The molecule has 204 valence electrons. The third-order valence-corrected chi connectivity index (χ3v) is 7.62. The highest BCUT2D eigenvalue weighted by molar-refractivity contribution is 7.92. The van der Waals surface area contributed by atoms with Gasteiger partial charge in [-0.2, -0.15) is 0 Å². The van der Waals surface area contributed by atoms with Crippen molar-refractivity contribution in [1.82, 2.24) is 10.2 Å². The lowest BCUT2D eigenvalue weighted by atomic mass is 10.1. The second-order valence-corrected chi connectivity index (χ2v) is 11.5. The molecule has 0 spiro atoms. The first kappa shape index (κ1) is 30.3. The summed E-state index contributed by atoms with van der Waals surface area (Å²) in [5.41, 5.74) is 3.07. The Labute approximate surface area is 221 Å². The second-order valence-electron chi connectivity index (χ2n) is 9.62. The molecule has 0 radical (unpaired) electrons. The molecule has 2 atom stereocenters. The summed E-state index contributed by atoms with van der Waals surface area (Å²) in [6, 6.07) is 10.7. The predicted octanol–water partition coefficient (Wildman–Crippen LogP) is 4.71. The van der Waals surface area contributed by atoms with Gasteiger partial charge in [0, 0.05) is 25.6 Å². The van der Waals surface area contributed by atoms with Gasteiger partial charge in [0.25, 0.3) is 0 Å². The zero-order chi connectivity index (χ0) is 27.8. The van der Waals surface area contributed by atoms with Crippen LogP contribution >= 0.6 is 0 Å². The number of nitrogens with zero attached hydrogens (tertiary/aromatic N) is 2. The standard InChI is InChI=1S/C28H40FN3O4S/c1-7-22(5)30-28(34)25(8-2)31(19-23-13-15-24(29)16-14-23)27(33)10-9-17-32(37(6,35)36)26-18-20(3)11-12-21(26)4/h11-16,18,22,25H,7-10,17,19H2,1-6H3,(H,30,34)/t22-,25-/m0/s1. The Morgan fingerprint density at radius 1 is 1.03 bits per heavy atom. The minimum absolute atomic E-state index is 0.0368. The number of hydrogen-bond donors (Lipinski definition) is 1. The molecule has 0 aliphatic carbocycles. The fourth-order valence-electron chi connectivity index (χ4n) is 4.12. The smallest absolute Gasteiger partial charge is 0.243 e. The van der Waals surface area contributed by atoms with Crippen molar-refractivity contribution < 1.29 is 22.4 Å². The zero-order valence-corrected chi connectivity index (χ0v) is 23.6. The van der Waals surface area contributed by atoms with E-state index in [9.17, 15) is 22.4 Å². The summed E-state index contributed by atoms with van der Waals surface area (Å²) in [5, 5.41) is 2.96. The van der Waals surface area contributed by atoms with Gasteiger partial charge in [0.05, 0.1) is 11.9 Å². The lowest BCUT2D eigenvalue weighted by Crippen LogP contribution is -2.50. The molecule has 0 aromatic heterocycles. The van der Waals surface area contributed by atoms with Crippen LogP contribution in [0.3, 0.4) is 0 Å². The second kappa shape index (κ2) is 13.6. The van der Waals surface area contributed by atoms with Crippen LogP contribution in [-0.2, 0) is 26.2 Å². The molecule has 0 unspecified atom stereocenters. The molecule has 2 amide bonds. The average Bonchev–Trinajstić information content (AvgIpc) is 2.83. The predicted molar refractivity (Wildman–Crippen MR) is 146 cm³/mol. The normalized spacial score (nSPS) is 13.1. The first-order valence-corrected chi connectivity index (χ1v) is 14.6. The van der Waals surface area contributed by atoms with E-state index in [0.29, 0.717) is 17.7 Å². The molecule has 7 nitrogen and oxygen atoms in total. The first-order valence-electron chi connectivity index (χ1n) is 12.8. The van der Waals surface area contributed by atoms with Crippen molar-refractivity contribution in [3.63, 3.8) is 0 Å². The Kier molecular flexibility index (Phi) is 11.1. The Balaban J connectivity index is 2.25. The molecule has 0 saturated heterocycles. The van der Waals surface area contributed by atoms with Gasteiger partial charge in [-0.25, -0.2) is 12.8 Å². The van der Waals surface area contributed by atoms with E-state index < -0.39 is 16.1 Å². The summed E-state index contributed by atoms with van der Waals surface area (Å²) in [5.74, 6) is -0.874. The minimum atomic E-state index is -3.57. The highest BCUT2D eigenvalue weighted by Crippen LogP contribution is 2.25. The van der Waals surface area contributed by atoms with Crippen LogP contribution < -0.4 is 9.62 Å². The van der Waals surface area contributed by atoms with Crippen LogP contribution in [0.4, 0.5) is 10.1 Å². The van der Waals surface area contributed by atoms with E-state index in [1.54, 1.807) is 12.1 Å². The maximum Gasteiger partial charge on any atom is 0.243 e. The highest BCUT2D eigenvalue weighted by Gasteiger charge is 2.29. The number of benzene rings is 2. The van der Waals surface area contributed by atoms with Crippen LogP contribution in [0.25, 0.3) is 0 Å². The molecule has 1 N–H and O–H groups in total. The van der Waals surface area contributed by atoms with Gasteiger partial charge >= 0.3 is 0 Å². The molecular formula is C28H40FN3O4S. The number of rotatable bonds is 13. The quantitative estimate of drug-likeness (QED) is 0.404. The van der Waals surface area contributed by atoms with Crippen molar-refractivity contribution in [3.05, 3.63) is 65.0 Å². The largest absolute Gasteiger partial charge is 0.352 e. The van der Waals surface area contributed by atoms with Gasteiger partial charge < -0.3 is 10.2 Å². The molecule has 9 heteroatoms. The third kappa shape index (κ3) is 8.84. The lowest BCUT2D eigenvalue weighted by Gasteiger charge is -2.32. The Morgan fingerprint density at radius 3 is 2.24 bits per heavy atom. The lowest BCUT2D eigenvalue weighted by molar-refractivity contribution is -0.141. The molecular weight excluding hydrogens is 493 g/mol. The van der Waals surface area contributed by atoms with E-state index in [0.717, 1.165) is 23.8 Å². The SMILES string of the molecule is CC[C@H](C)NC(=O)[C@H](CC)N(Cc1ccc(F)cc1)C(=O)CCCN(c1cc(C)ccc1C)S(C)(=O)=O. The van der Waals surface area contributed by atoms with Crippen LogP contribution in [-0.4, -0.2) is 50.0 Å². The Bertz CT molecular complexity index is 1170. The number of halogens is 1. The topological polar surface area (TPSA) is 86.8 Å². The monoisotopic (exact) mass is 533 g/mol. The van der Waals surface area contributed by atoms with Gasteiger partial charge in [-0.05, 0) is 74.9 Å². The molecule has 2 rings (SSSR count). The number of nitrogens with one attached hydrogen (secondary N) is 1. The Hall–Kier alpha value is -2.94. The van der Waals surface area contributed by atoms with Crippen molar-refractivity contribution in [3.8, 4) is 0 Å². The van der Waals surface area contributed by atoms with Crippen LogP contribution in [0.5, 0.6) is 0 Å². The summed E-state index contributed by atoms with van der Waals surface area (Å²) >= 11 is 0. The van der Waals surface area contributed by atoms with Gasteiger partial charge in [-0.15, -0.1) is 0 Å². The first-order chi connectivity index (χ1) is 17.4. The molecule has 0 aliphatic rings. The maximum absolute atomic E-state index is 13.5. The van der Waals surface area contributed by atoms with Crippen molar-refractivity contribution in [2.75, 3.05) is 17.1 Å². The molecule has 0 saturated carbocycles. The van der Waals surface area contributed by atoms with Gasteiger partial charge in [0.2, 0.25) is 21.8 Å². The molecule has 0 bridgehead atoms. The van der Waals surface area contributed by atoms with Gasteiger partial charge in [0.1, 0.15) is 11.9 Å². The van der Waals surface area contributed by atoms with Crippen molar-refractivity contribution in [2.45, 2.75) is 78.9 Å². The van der Waals surface area contributed by atoms with E-state index in [-0.39, 0.29) is 49.6 Å². The number of carbonyl (C=O) groups excluding carboxylic acids is 2. The van der Waals surface area contributed by atoms with Gasteiger partial charge in [-0.1, -0.05) is 38.1 Å². The fourth-order valence-corrected chi connectivity index (χ4v) is 5.13. The summed E-state index contributed by atoms with van der Waals surface area (Å²) < 4.78 is 40.0. The molecule has 2 aromatic carbocycles. The average molecular weight is 534 g/mol. The van der Waals surface area contributed by atoms with E-state index in [1.165, 1.54) is 21.3 Å².